The van der Waals surface area contributed by atoms with E-state index in [-0.39, 0.29) is 24.6 Å². The van der Waals surface area contributed by atoms with E-state index in [1.807, 2.05) is 22.6 Å². The van der Waals surface area contributed by atoms with Crippen LogP contribution in [0.2, 0.25) is 0 Å². The summed E-state index contributed by atoms with van der Waals surface area (Å²) < 4.78 is 8.33. The van der Waals surface area contributed by atoms with Gasteiger partial charge in [-0.2, -0.15) is 0 Å². The predicted molar refractivity (Wildman–Crippen MR) is 79.7 cm³/mol. The maximum Gasteiger partial charge on any atom is 0.333 e. The number of aliphatic hydroxyl groups excluding tert-OH is 2. The molecule has 7 nitrogen and oxygen atoms in total. The van der Waals surface area contributed by atoms with Gasteiger partial charge in [-0.15, -0.1) is 0 Å². The van der Waals surface area contributed by atoms with Crippen LogP contribution in [0.3, 0.4) is 0 Å². The molecule has 1 unspecified atom stereocenters. The van der Waals surface area contributed by atoms with Crippen molar-refractivity contribution in [2.75, 3.05) is 6.61 Å². The molecule has 2 N–H and O–H groups in total. The highest BCUT2D eigenvalue weighted by atomic mass is 127. The fourth-order valence-electron chi connectivity index (χ4n) is 2.27. The Morgan fingerprint density at radius 1 is 1.50 bits per heavy atom. The van der Waals surface area contributed by atoms with E-state index >= 15 is 0 Å². The van der Waals surface area contributed by atoms with Gasteiger partial charge in [0, 0.05) is 18.7 Å². The summed E-state index contributed by atoms with van der Waals surface area (Å²) in [6.45, 7) is 3.20. The lowest BCUT2D eigenvalue weighted by atomic mass is 10.2. The van der Waals surface area contributed by atoms with Crippen LogP contribution in [0.25, 0.3) is 0 Å². The highest BCUT2D eigenvalue weighted by molar-refractivity contribution is 14.1. The topological polar surface area (TPSA) is 93.7 Å². The minimum atomic E-state index is -0.825. The number of aliphatic hydroxyl groups is 2. The molecule has 0 radical (unpaired) electrons. The van der Waals surface area contributed by atoms with Gasteiger partial charge in [-0.3, -0.25) is 13.9 Å². The van der Waals surface area contributed by atoms with E-state index in [1.165, 1.54) is 10.8 Å². The van der Waals surface area contributed by atoms with Crippen LogP contribution >= 0.6 is 22.6 Å². The van der Waals surface area contributed by atoms with Gasteiger partial charge in [0.2, 0.25) is 0 Å². The summed E-state index contributed by atoms with van der Waals surface area (Å²) in [5, 5.41) is 18.8. The Morgan fingerprint density at radius 3 is 2.65 bits per heavy atom. The van der Waals surface area contributed by atoms with E-state index < -0.39 is 24.1 Å². The maximum atomic E-state index is 12.4. The van der Waals surface area contributed by atoms with Gasteiger partial charge in [-0.05, 0) is 36.4 Å². The molecule has 1 aromatic rings. The molecular weight excluding hydrogens is 379 g/mol. The van der Waals surface area contributed by atoms with Crippen LogP contribution in [0.5, 0.6) is 0 Å². The van der Waals surface area contributed by atoms with Crippen LogP contribution in [0.15, 0.2) is 15.8 Å². The average Bonchev–Trinajstić information content (AvgIpc) is 2.74. The molecule has 2 heterocycles. The highest BCUT2D eigenvalue weighted by Gasteiger charge is 2.35. The summed E-state index contributed by atoms with van der Waals surface area (Å²) in [5.74, 6) is 0. The van der Waals surface area contributed by atoms with E-state index in [9.17, 15) is 14.7 Å². The first kappa shape index (κ1) is 15.7. The molecule has 0 spiro atoms. The molecule has 2 rings (SSSR count). The number of hydrogen-bond acceptors (Lipinski definition) is 5. The normalized spacial score (nSPS) is 26.4. The molecule has 1 aliphatic heterocycles. The highest BCUT2D eigenvalue weighted by Crippen LogP contribution is 2.27. The van der Waals surface area contributed by atoms with Crippen LogP contribution in [0.1, 0.15) is 32.5 Å². The zero-order valence-electron chi connectivity index (χ0n) is 11.2. The third-order valence-electron chi connectivity index (χ3n) is 3.31. The zero-order valence-corrected chi connectivity index (χ0v) is 13.4. The summed E-state index contributed by atoms with van der Waals surface area (Å²) in [6, 6.07) is -0.268. The van der Waals surface area contributed by atoms with Gasteiger partial charge < -0.3 is 14.9 Å². The van der Waals surface area contributed by atoms with E-state index in [4.69, 9.17) is 9.84 Å². The number of rotatable bonds is 3. The first-order chi connectivity index (χ1) is 9.36. The van der Waals surface area contributed by atoms with Crippen molar-refractivity contribution in [1.82, 2.24) is 9.13 Å². The van der Waals surface area contributed by atoms with Crippen LogP contribution < -0.4 is 11.2 Å². The standard InChI is InChI=1S/C12H17IN2O5/c1-6(2)15-11(18)7(13)4-14(12(15)19)10-3-8(17)9(5-16)20-10/h4,6,8-10,16-17H,3,5H2,1-2H3/t8?,9-,10-/m1/s1. The lowest BCUT2D eigenvalue weighted by Crippen LogP contribution is -2.43. The van der Waals surface area contributed by atoms with Crippen LogP contribution in [-0.2, 0) is 4.74 Å². The van der Waals surface area contributed by atoms with E-state index in [0.29, 0.717) is 3.57 Å². The molecule has 1 fully saturated rings. The zero-order chi connectivity index (χ0) is 15.0. The van der Waals surface area contributed by atoms with Gasteiger partial charge in [-0.1, -0.05) is 0 Å². The molecule has 0 aromatic carbocycles. The molecule has 1 aliphatic rings. The minimum absolute atomic E-state index is 0.206. The summed E-state index contributed by atoms with van der Waals surface area (Å²) in [7, 11) is 0. The first-order valence-corrected chi connectivity index (χ1v) is 7.42. The quantitative estimate of drug-likeness (QED) is 0.693. The lowest BCUT2D eigenvalue weighted by molar-refractivity contribution is -0.0464. The van der Waals surface area contributed by atoms with Crippen molar-refractivity contribution in [1.29, 1.82) is 0 Å². The first-order valence-electron chi connectivity index (χ1n) is 6.34. The molecule has 0 aliphatic carbocycles. The van der Waals surface area contributed by atoms with Gasteiger partial charge in [0.05, 0.1) is 16.3 Å². The molecule has 1 saturated heterocycles. The Morgan fingerprint density at radius 2 is 2.15 bits per heavy atom. The molecule has 0 amide bonds. The van der Waals surface area contributed by atoms with Crippen molar-refractivity contribution in [3.8, 4) is 0 Å². The summed E-state index contributed by atoms with van der Waals surface area (Å²) >= 11 is 1.87. The Kier molecular flexibility index (Phi) is 4.67. The number of ether oxygens (including phenoxy) is 1. The van der Waals surface area contributed by atoms with E-state index in [2.05, 4.69) is 0 Å². The average molecular weight is 396 g/mol. The molecule has 3 atom stereocenters. The van der Waals surface area contributed by atoms with Crippen LogP contribution in [0, 0.1) is 3.57 Å². The monoisotopic (exact) mass is 396 g/mol. The molecule has 0 saturated carbocycles. The van der Waals surface area contributed by atoms with Gasteiger partial charge in [0.15, 0.2) is 0 Å². The lowest BCUT2D eigenvalue weighted by Gasteiger charge is -2.18. The summed E-state index contributed by atoms with van der Waals surface area (Å²) in [5.41, 5.74) is -0.805. The summed E-state index contributed by atoms with van der Waals surface area (Å²) in [6.07, 6.45) is -0.564. The summed E-state index contributed by atoms with van der Waals surface area (Å²) in [4.78, 5) is 24.4. The molecule has 20 heavy (non-hydrogen) atoms. The predicted octanol–water partition coefficient (Wildman–Crippen LogP) is -0.164. The third-order valence-corrected chi connectivity index (χ3v) is 4.05. The van der Waals surface area contributed by atoms with Crippen molar-refractivity contribution < 1.29 is 14.9 Å². The Balaban J connectivity index is 2.49. The third kappa shape index (κ3) is 2.69. The number of nitrogens with zero attached hydrogens (tertiary/aromatic N) is 2. The second-order valence-electron chi connectivity index (χ2n) is 5.05. The molecule has 1 aromatic heterocycles. The fourth-order valence-corrected chi connectivity index (χ4v) is 2.83. The Labute approximate surface area is 128 Å². The molecule has 0 bridgehead atoms. The van der Waals surface area contributed by atoms with E-state index in [1.54, 1.807) is 13.8 Å². The molecule has 8 heteroatoms. The van der Waals surface area contributed by atoms with Gasteiger partial charge >= 0.3 is 5.69 Å². The Hall–Kier alpha value is -0.710. The number of hydrogen-bond donors (Lipinski definition) is 2. The smallest absolute Gasteiger partial charge is 0.333 e. The Bertz CT molecular complexity index is 609. The minimum Gasteiger partial charge on any atom is -0.394 e. The maximum absolute atomic E-state index is 12.4. The van der Waals surface area contributed by atoms with E-state index in [0.717, 1.165) is 4.57 Å². The van der Waals surface area contributed by atoms with Gasteiger partial charge in [0.25, 0.3) is 5.56 Å². The second kappa shape index (κ2) is 5.96. The van der Waals surface area contributed by atoms with Crippen molar-refractivity contribution in [2.45, 2.75) is 44.7 Å². The van der Waals surface area contributed by atoms with Crippen molar-refractivity contribution in [3.63, 3.8) is 0 Å². The van der Waals surface area contributed by atoms with Crippen LogP contribution in [0.4, 0.5) is 0 Å². The van der Waals surface area contributed by atoms with Gasteiger partial charge in [-0.25, -0.2) is 4.79 Å². The SMILES string of the molecule is CC(C)n1c(=O)c(I)cn([C@H]2CC(O)[C@@H](CO)O2)c1=O. The molecule has 112 valence electrons. The number of aromatic nitrogens is 2. The van der Waals surface area contributed by atoms with Gasteiger partial charge in [0.1, 0.15) is 12.3 Å². The van der Waals surface area contributed by atoms with Crippen molar-refractivity contribution in [3.05, 3.63) is 30.6 Å². The van der Waals surface area contributed by atoms with Crippen LogP contribution in [-0.4, -0.2) is 38.2 Å². The second-order valence-corrected chi connectivity index (χ2v) is 6.21. The number of halogens is 1. The van der Waals surface area contributed by atoms with Crippen molar-refractivity contribution >= 4 is 22.6 Å². The molecular formula is C12H17IN2O5. The van der Waals surface area contributed by atoms with Crippen molar-refractivity contribution in [2.24, 2.45) is 0 Å². The fraction of sp³-hybridized carbons (Fsp3) is 0.667. The largest absolute Gasteiger partial charge is 0.394 e.